The van der Waals surface area contributed by atoms with Crippen LogP contribution in [0.15, 0.2) is 18.2 Å². The molecule has 0 bridgehead atoms. The molecule has 20 heavy (non-hydrogen) atoms. The van der Waals surface area contributed by atoms with Crippen molar-refractivity contribution >= 4 is 11.8 Å². The van der Waals surface area contributed by atoms with Gasteiger partial charge in [-0.3, -0.25) is 9.59 Å². The van der Waals surface area contributed by atoms with Crippen LogP contribution in [-0.2, 0) is 4.79 Å². The maximum Gasteiger partial charge on any atom is 0.252 e. The molecule has 1 aliphatic heterocycles. The molecule has 1 atom stereocenters. The molecule has 1 aromatic rings. The van der Waals surface area contributed by atoms with Gasteiger partial charge < -0.3 is 10.2 Å². The Labute approximate surface area is 115 Å². The maximum atomic E-state index is 13.1. The van der Waals surface area contributed by atoms with E-state index in [1.165, 1.54) is 6.07 Å². The van der Waals surface area contributed by atoms with Gasteiger partial charge in [-0.2, -0.15) is 0 Å². The van der Waals surface area contributed by atoms with Crippen molar-refractivity contribution in [3.8, 4) is 0 Å². The number of hydrogen-bond acceptors (Lipinski definition) is 2. The fourth-order valence-electron chi connectivity index (χ4n) is 2.19. The average molecular weight is 282 g/mol. The highest BCUT2D eigenvalue weighted by molar-refractivity contribution is 5.97. The first kappa shape index (κ1) is 14.4. The molecule has 0 spiro atoms. The Kier molecular flexibility index (Phi) is 4.32. The van der Waals surface area contributed by atoms with E-state index in [0.29, 0.717) is 13.1 Å². The SMILES string of the molecule is C[C@@H](NC(=O)c1ccc(F)c(F)c1)C(=O)N1CCCC1. The molecular weight excluding hydrogens is 266 g/mol. The molecule has 0 radical (unpaired) electrons. The van der Waals surface area contributed by atoms with E-state index < -0.39 is 23.6 Å². The predicted molar refractivity (Wildman–Crippen MR) is 69.1 cm³/mol. The van der Waals surface area contributed by atoms with Gasteiger partial charge in [0.2, 0.25) is 5.91 Å². The monoisotopic (exact) mass is 282 g/mol. The lowest BCUT2D eigenvalue weighted by Crippen LogP contribution is -2.45. The summed E-state index contributed by atoms with van der Waals surface area (Å²) in [6.45, 7) is 2.98. The second-order valence-electron chi connectivity index (χ2n) is 4.86. The second kappa shape index (κ2) is 5.98. The van der Waals surface area contributed by atoms with E-state index in [1.807, 2.05) is 0 Å². The first-order chi connectivity index (χ1) is 9.49. The third-order valence-corrected chi connectivity index (χ3v) is 3.32. The largest absolute Gasteiger partial charge is 0.341 e. The first-order valence-corrected chi connectivity index (χ1v) is 6.54. The van der Waals surface area contributed by atoms with Crippen LogP contribution in [0.1, 0.15) is 30.1 Å². The lowest BCUT2D eigenvalue weighted by atomic mass is 10.2. The van der Waals surface area contributed by atoms with Gasteiger partial charge in [-0.25, -0.2) is 8.78 Å². The zero-order valence-electron chi connectivity index (χ0n) is 11.2. The Morgan fingerprint density at radius 3 is 2.45 bits per heavy atom. The molecule has 0 saturated carbocycles. The Bertz CT molecular complexity index is 528. The Morgan fingerprint density at radius 1 is 1.20 bits per heavy atom. The summed E-state index contributed by atoms with van der Waals surface area (Å²) in [5, 5.41) is 2.50. The van der Waals surface area contributed by atoms with Gasteiger partial charge in [-0.1, -0.05) is 0 Å². The van der Waals surface area contributed by atoms with Crippen molar-refractivity contribution < 1.29 is 18.4 Å². The first-order valence-electron chi connectivity index (χ1n) is 6.54. The minimum atomic E-state index is -1.09. The fraction of sp³-hybridized carbons (Fsp3) is 0.429. The van der Waals surface area contributed by atoms with Crippen LogP contribution in [0.4, 0.5) is 8.78 Å². The van der Waals surface area contributed by atoms with Crippen LogP contribution in [0, 0.1) is 11.6 Å². The smallest absolute Gasteiger partial charge is 0.252 e. The van der Waals surface area contributed by atoms with E-state index in [2.05, 4.69) is 5.32 Å². The molecule has 1 heterocycles. The van der Waals surface area contributed by atoms with E-state index in [1.54, 1.807) is 11.8 Å². The lowest BCUT2D eigenvalue weighted by Gasteiger charge is -2.21. The number of halogens is 2. The van der Waals surface area contributed by atoms with Crippen molar-refractivity contribution in [2.45, 2.75) is 25.8 Å². The summed E-state index contributed by atoms with van der Waals surface area (Å²) in [5.74, 6) is -2.85. The van der Waals surface area contributed by atoms with E-state index in [0.717, 1.165) is 25.0 Å². The highest BCUT2D eigenvalue weighted by atomic mass is 19.2. The molecule has 4 nitrogen and oxygen atoms in total. The van der Waals surface area contributed by atoms with Gasteiger partial charge >= 0.3 is 0 Å². The van der Waals surface area contributed by atoms with Gasteiger partial charge in [0, 0.05) is 18.7 Å². The molecule has 0 aromatic heterocycles. The molecule has 0 unspecified atom stereocenters. The van der Waals surface area contributed by atoms with Crippen molar-refractivity contribution in [3.63, 3.8) is 0 Å². The minimum Gasteiger partial charge on any atom is -0.341 e. The van der Waals surface area contributed by atoms with Crippen LogP contribution in [0.2, 0.25) is 0 Å². The number of likely N-dealkylation sites (tertiary alicyclic amines) is 1. The van der Waals surface area contributed by atoms with Crippen LogP contribution >= 0.6 is 0 Å². The quantitative estimate of drug-likeness (QED) is 0.917. The van der Waals surface area contributed by atoms with E-state index in [4.69, 9.17) is 0 Å². The summed E-state index contributed by atoms with van der Waals surface area (Å²) < 4.78 is 25.8. The van der Waals surface area contributed by atoms with Crippen molar-refractivity contribution in [3.05, 3.63) is 35.4 Å². The third-order valence-electron chi connectivity index (χ3n) is 3.32. The van der Waals surface area contributed by atoms with Crippen molar-refractivity contribution in [2.75, 3.05) is 13.1 Å². The summed E-state index contributed by atoms with van der Waals surface area (Å²) in [7, 11) is 0. The fourth-order valence-corrected chi connectivity index (χ4v) is 2.19. The zero-order chi connectivity index (χ0) is 14.7. The van der Waals surface area contributed by atoms with Crippen molar-refractivity contribution in [2.24, 2.45) is 0 Å². The molecule has 2 rings (SSSR count). The van der Waals surface area contributed by atoms with Crippen LogP contribution in [0.3, 0.4) is 0 Å². The Morgan fingerprint density at radius 2 is 1.85 bits per heavy atom. The molecule has 6 heteroatoms. The third kappa shape index (κ3) is 3.12. The van der Waals surface area contributed by atoms with Crippen molar-refractivity contribution in [1.29, 1.82) is 0 Å². The molecule has 1 aliphatic rings. The van der Waals surface area contributed by atoms with Crippen LogP contribution in [0.5, 0.6) is 0 Å². The van der Waals surface area contributed by atoms with Crippen LogP contribution in [-0.4, -0.2) is 35.8 Å². The molecule has 2 amide bonds. The molecule has 1 fully saturated rings. The molecule has 108 valence electrons. The van der Waals surface area contributed by atoms with Gasteiger partial charge in [0.25, 0.3) is 5.91 Å². The number of amides is 2. The Balaban J connectivity index is 1.99. The number of carbonyl (C=O) groups excluding carboxylic acids is 2. The van der Waals surface area contributed by atoms with Gasteiger partial charge in [-0.15, -0.1) is 0 Å². The van der Waals surface area contributed by atoms with Gasteiger partial charge in [0.15, 0.2) is 11.6 Å². The van der Waals surface area contributed by atoms with E-state index in [-0.39, 0.29) is 11.5 Å². The molecule has 1 saturated heterocycles. The van der Waals surface area contributed by atoms with Crippen molar-refractivity contribution in [1.82, 2.24) is 10.2 Å². The Hall–Kier alpha value is -1.98. The molecule has 1 aromatic carbocycles. The molecular formula is C14H16F2N2O2. The zero-order valence-corrected chi connectivity index (χ0v) is 11.2. The number of benzene rings is 1. The predicted octanol–water partition coefficient (Wildman–Crippen LogP) is 1.71. The van der Waals surface area contributed by atoms with Crippen LogP contribution < -0.4 is 5.32 Å². The number of nitrogens with one attached hydrogen (secondary N) is 1. The maximum absolute atomic E-state index is 13.1. The average Bonchev–Trinajstić information content (AvgIpc) is 2.94. The topological polar surface area (TPSA) is 49.4 Å². The summed E-state index contributed by atoms with van der Waals surface area (Å²) in [5.41, 5.74) is -0.00929. The second-order valence-corrected chi connectivity index (χ2v) is 4.86. The summed E-state index contributed by atoms with van der Waals surface area (Å²) >= 11 is 0. The van der Waals surface area contributed by atoms with Gasteiger partial charge in [0.1, 0.15) is 6.04 Å². The van der Waals surface area contributed by atoms with E-state index in [9.17, 15) is 18.4 Å². The van der Waals surface area contributed by atoms with Crippen LogP contribution in [0.25, 0.3) is 0 Å². The lowest BCUT2D eigenvalue weighted by molar-refractivity contribution is -0.131. The summed E-state index contributed by atoms with van der Waals surface area (Å²) in [4.78, 5) is 25.6. The molecule has 0 aliphatic carbocycles. The van der Waals surface area contributed by atoms with E-state index >= 15 is 0 Å². The highest BCUT2D eigenvalue weighted by Crippen LogP contribution is 2.11. The number of rotatable bonds is 3. The minimum absolute atomic E-state index is 0.00929. The van der Waals surface area contributed by atoms with Gasteiger partial charge in [-0.05, 0) is 38.0 Å². The standard InChI is InChI=1S/C14H16F2N2O2/c1-9(14(20)18-6-2-3-7-18)17-13(19)10-4-5-11(15)12(16)8-10/h4-5,8-9H,2-3,6-7H2,1H3,(H,17,19)/t9-/m1/s1. The molecule has 1 N–H and O–H groups in total. The number of carbonyl (C=O) groups is 2. The number of nitrogens with zero attached hydrogens (tertiary/aromatic N) is 1. The summed E-state index contributed by atoms with van der Waals surface area (Å²) in [6.07, 6.45) is 1.94. The van der Waals surface area contributed by atoms with Gasteiger partial charge in [0.05, 0.1) is 0 Å². The summed E-state index contributed by atoms with van der Waals surface area (Å²) in [6, 6.07) is 2.20. The number of hydrogen-bond donors (Lipinski definition) is 1. The normalized spacial score (nSPS) is 16.1. The highest BCUT2D eigenvalue weighted by Gasteiger charge is 2.24.